The van der Waals surface area contributed by atoms with Crippen LogP contribution in [0.2, 0.25) is 5.15 Å². The Morgan fingerprint density at radius 3 is 2.68 bits per heavy atom. The van der Waals surface area contributed by atoms with Gasteiger partial charge in [0.15, 0.2) is 5.69 Å². The summed E-state index contributed by atoms with van der Waals surface area (Å²) < 4.78 is 0. The van der Waals surface area contributed by atoms with E-state index < -0.39 is 0 Å². The Morgan fingerprint density at radius 1 is 1.08 bits per heavy atom. The molecule has 3 N–H and O–H groups in total. The fourth-order valence-corrected chi connectivity index (χ4v) is 7.20. The van der Waals surface area contributed by atoms with Crippen molar-refractivity contribution in [3.8, 4) is 0 Å². The van der Waals surface area contributed by atoms with Gasteiger partial charge in [0, 0.05) is 37.0 Å². The van der Waals surface area contributed by atoms with Crippen molar-refractivity contribution in [1.82, 2.24) is 9.88 Å². The van der Waals surface area contributed by atoms with E-state index in [1.165, 1.54) is 16.8 Å². The number of nitrogens with one attached hydrogen (secondary N) is 1. The molecular formula is C29H33Cl3N4O. The Kier molecular flexibility index (Phi) is 8.80. The topological polar surface area (TPSA) is 64.0 Å². The zero-order valence-corrected chi connectivity index (χ0v) is 23.0. The molecule has 0 bridgehead atoms. The second-order valence-electron chi connectivity index (χ2n) is 10.5. The lowest BCUT2D eigenvalue weighted by Crippen LogP contribution is -3.00. The molecule has 0 saturated carbocycles. The van der Waals surface area contributed by atoms with Gasteiger partial charge in [0.25, 0.3) is 5.15 Å². The standard InChI is InChI=1S/C29H31ClN4O.2ClH/c30-27-11-10-23-25(33-27)9-4-13-29(23)19-32-18-24(29)28(35)34-15-12-21(20-6-2-1-3-7-20)16-26(34)22-8-5-14-31-17-22;;/h1-3,5-8,10-11,14,17,21,24,26,32H,4,9,12-13,15-16,18-19H2;2*1H/t21-,24+,26?,29+;;/m1../s1. The Balaban J connectivity index is 0.00000160. The first kappa shape index (κ1) is 27.8. The monoisotopic (exact) mass is 558 g/mol. The molecule has 2 saturated heterocycles. The van der Waals surface area contributed by atoms with Gasteiger partial charge in [-0.15, -0.1) is 0 Å². The molecular weight excluding hydrogens is 527 g/mol. The molecule has 1 aliphatic carbocycles. The van der Waals surface area contributed by atoms with Gasteiger partial charge in [-0.2, -0.15) is 4.98 Å². The number of aromatic nitrogens is 2. The molecule has 6 rings (SSSR count). The number of hydrogen-bond acceptors (Lipinski definition) is 2. The fourth-order valence-electron chi connectivity index (χ4n) is 7.02. The highest BCUT2D eigenvalue weighted by Crippen LogP contribution is 2.46. The van der Waals surface area contributed by atoms with Crippen LogP contribution in [0.1, 0.15) is 60.0 Å². The zero-order valence-electron chi connectivity index (χ0n) is 20.8. The fraction of sp³-hybridized carbons (Fsp3) is 0.414. The molecule has 2 aliphatic heterocycles. The molecule has 0 radical (unpaired) electrons. The van der Waals surface area contributed by atoms with Crippen molar-refractivity contribution in [3.63, 3.8) is 0 Å². The summed E-state index contributed by atoms with van der Waals surface area (Å²) in [4.78, 5) is 24.4. The molecule has 5 nitrogen and oxygen atoms in total. The summed E-state index contributed by atoms with van der Waals surface area (Å²) in [7, 11) is 0. The van der Waals surface area contributed by atoms with E-state index in [9.17, 15) is 4.79 Å². The molecule has 2 fully saturated rings. The summed E-state index contributed by atoms with van der Waals surface area (Å²) >= 11 is 6.30. The second-order valence-corrected chi connectivity index (χ2v) is 10.9. The first-order valence-electron chi connectivity index (χ1n) is 12.9. The lowest BCUT2D eigenvalue weighted by Gasteiger charge is -2.43. The van der Waals surface area contributed by atoms with Crippen molar-refractivity contribution >= 4 is 17.5 Å². The van der Waals surface area contributed by atoms with Gasteiger partial charge < -0.3 is 35.0 Å². The number of carbonyl (C=O) groups excluding carboxylic acids is 1. The minimum Gasteiger partial charge on any atom is -1.00 e. The predicted molar refractivity (Wildman–Crippen MR) is 135 cm³/mol. The Morgan fingerprint density at radius 2 is 1.89 bits per heavy atom. The molecule has 3 aromatic rings. The molecule has 1 unspecified atom stereocenters. The van der Waals surface area contributed by atoms with Crippen LogP contribution in [0.3, 0.4) is 0 Å². The maximum atomic E-state index is 14.4. The highest BCUT2D eigenvalue weighted by Gasteiger charge is 2.56. The molecule has 1 amide bonds. The number of aromatic amines is 1. The minimum absolute atomic E-state index is 0. The van der Waals surface area contributed by atoms with Crippen molar-refractivity contribution in [1.29, 1.82) is 0 Å². The van der Waals surface area contributed by atoms with Crippen LogP contribution in [0.4, 0.5) is 0 Å². The third-order valence-corrected chi connectivity index (χ3v) is 8.90. The van der Waals surface area contributed by atoms with E-state index in [2.05, 4.69) is 62.6 Å². The third kappa shape index (κ3) is 5.12. The molecule has 3 aliphatic rings. The van der Waals surface area contributed by atoms with Crippen molar-refractivity contribution < 1.29 is 39.9 Å². The molecule has 1 spiro atoms. The van der Waals surface area contributed by atoms with Crippen LogP contribution in [-0.4, -0.2) is 35.4 Å². The third-order valence-electron chi connectivity index (χ3n) is 8.68. The van der Waals surface area contributed by atoms with Crippen LogP contribution in [0.15, 0.2) is 67.0 Å². The number of nitrogens with two attached hydrogens (primary N) is 1. The molecule has 1 aromatic carbocycles. The van der Waals surface area contributed by atoms with Crippen molar-refractivity contribution in [2.75, 3.05) is 19.6 Å². The van der Waals surface area contributed by atoms with Crippen molar-refractivity contribution in [2.45, 2.75) is 49.5 Å². The van der Waals surface area contributed by atoms with Crippen LogP contribution >= 0.6 is 11.6 Å². The van der Waals surface area contributed by atoms with E-state index in [1.807, 2.05) is 24.5 Å². The molecule has 196 valence electrons. The number of aryl methyl sites for hydroxylation is 1. The van der Waals surface area contributed by atoms with Crippen LogP contribution in [0.5, 0.6) is 0 Å². The largest absolute Gasteiger partial charge is 1.00 e. The van der Waals surface area contributed by atoms with Gasteiger partial charge in [-0.05, 0) is 66.5 Å². The quantitative estimate of drug-likeness (QED) is 0.360. The van der Waals surface area contributed by atoms with E-state index in [1.54, 1.807) is 0 Å². The highest BCUT2D eigenvalue weighted by atomic mass is 35.5. The molecule has 37 heavy (non-hydrogen) atoms. The predicted octanol–water partition coefficient (Wildman–Crippen LogP) is -2.53. The Bertz CT molecular complexity index is 1210. The number of nitrogens with zero attached hydrogens (tertiary/aromatic N) is 2. The first-order valence-corrected chi connectivity index (χ1v) is 13.3. The van der Waals surface area contributed by atoms with Crippen LogP contribution in [-0.2, 0) is 16.6 Å². The molecule has 8 heteroatoms. The van der Waals surface area contributed by atoms with Crippen molar-refractivity contribution in [2.24, 2.45) is 5.92 Å². The SMILES string of the molecule is O=C([C@@H]1C[NH2+]C[C@]12CCCc1[nH+]c(Cl)ccc12)N1CC[C@@H](c2ccccc2)CC1c1cccnc1.[Cl-].[Cl-]. The number of benzene rings is 1. The van der Waals surface area contributed by atoms with Gasteiger partial charge in [-0.25, -0.2) is 0 Å². The number of fused-ring (bicyclic) bond motifs is 2. The smallest absolute Gasteiger partial charge is 0.273 e. The van der Waals surface area contributed by atoms with Gasteiger partial charge in [0.05, 0.1) is 24.5 Å². The van der Waals surface area contributed by atoms with Crippen LogP contribution in [0, 0.1) is 5.92 Å². The van der Waals surface area contributed by atoms with Crippen molar-refractivity contribution in [3.05, 3.63) is 94.5 Å². The first-order chi connectivity index (χ1) is 17.2. The molecule has 2 aromatic heterocycles. The van der Waals surface area contributed by atoms with E-state index >= 15 is 0 Å². The normalized spacial score (nSPS) is 26.6. The lowest BCUT2D eigenvalue weighted by atomic mass is 9.65. The van der Waals surface area contributed by atoms with Gasteiger partial charge in [0.2, 0.25) is 5.91 Å². The summed E-state index contributed by atoms with van der Waals surface area (Å²) in [6.45, 7) is 2.59. The van der Waals surface area contributed by atoms with Gasteiger partial charge in [-0.3, -0.25) is 9.78 Å². The average molecular weight is 560 g/mol. The number of pyridine rings is 2. The summed E-state index contributed by atoms with van der Waals surface area (Å²) in [6.07, 6.45) is 8.83. The van der Waals surface area contributed by atoms with Gasteiger partial charge >= 0.3 is 0 Å². The zero-order chi connectivity index (χ0) is 23.8. The van der Waals surface area contributed by atoms with Gasteiger partial charge in [-0.1, -0.05) is 36.4 Å². The summed E-state index contributed by atoms with van der Waals surface area (Å²) in [5.41, 5.74) is 4.90. The lowest BCUT2D eigenvalue weighted by molar-refractivity contribution is -0.640. The number of quaternary nitrogens is 1. The van der Waals surface area contributed by atoms with E-state index in [-0.39, 0.29) is 42.2 Å². The number of amides is 1. The van der Waals surface area contributed by atoms with E-state index in [0.717, 1.165) is 57.3 Å². The summed E-state index contributed by atoms with van der Waals surface area (Å²) in [6, 6.07) is 19.1. The van der Waals surface area contributed by atoms with E-state index in [4.69, 9.17) is 11.6 Å². The van der Waals surface area contributed by atoms with E-state index in [0.29, 0.717) is 17.0 Å². The molecule has 4 atom stereocenters. The summed E-state index contributed by atoms with van der Waals surface area (Å²) in [5, 5.41) is 3.02. The maximum Gasteiger partial charge on any atom is 0.273 e. The highest BCUT2D eigenvalue weighted by molar-refractivity contribution is 6.28. The number of carbonyl (C=O) groups is 1. The number of piperidine rings is 1. The van der Waals surface area contributed by atoms with Crippen LogP contribution < -0.4 is 35.1 Å². The number of hydrogen-bond donors (Lipinski definition) is 1. The summed E-state index contributed by atoms with van der Waals surface area (Å²) in [5.74, 6) is 0.729. The number of halogens is 3. The molecule has 4 heterocycles. The Labute approximate surface area is 236 Å². The number of likely N-dealkylation sites (tertiary alicyclic amines) is 1. The number of H-pyrrole nitrogens is 1. The minimum atomic E-state index is -0.123. The number of rotatable bonds is 3. The Hall–Kier alpha value is -2.18. The van der Waals surface area contributed by atoms with Gasteiger partial charge in [0.1, 0.15) is 5.92 Å². The second kappa shape index (κ2) is 11.7. The van der Waals surface area contributed by atoms with Crippen LogP contribution in [0.25, 0.3) is 0 Å². The average Bonchev–Trinajstić information content (AvgIpc) is 3.32. The maximum absolute atomic E-state index is 14.4.